The van der Waals surface area contributed by atoms with E-state index in [1.54, 1.807) is 18.3 Å². The normalized spacial score (nSPS) is 10.4. The molecule has 0 saturated carbocycles. The van der Waals surface area contributed by atoms with Crippen molar-refractivity contribution in [3.8, 4) is 22.9 Å². The number of halogens is 2. The molecule has 0 unspecified atom stereocenters. The first-order chi connectivity index (χ1) is 8.52. The molecule has 0 atom stereocenters. The summed E-state index contributed by atoms with van der Waals surface area (Å²) in [7, 11) is 1.47. The van der Waals surface area contributed by atoms with Crippen LogP contribution in [0.15, 0.2) is 27.3 Å². The van der Waals surface area contributed by atoms with Crippen LogP contribution in [0, 0.1) is 0 Å². The third-order valence-electron chi connectivity index (χ3n) is 2.28. The average Bonchev–Trinajstić information content (AvgIpc) is 2.36. The lowest BCUT2D eigenvalue weighted by atomic mass is 10.2. The number of aromatic hydroxyl groups is 1. The minimum atomic E-state index is 0.0336. The van der Waals surface area contributed by atoms with Crippen molar-refractivity contribution in [3.05, 3.63) is 27.3 Å². The van der Waals surface area contributed by atoms with Gasteiger partial charge in [0.15, 0.2) is 17.3 Å². The number of benzene rings is 1. The third kappa shape index (κ3) is 2.41. The van der Waals surface area contributed by atoms with Crippen molar-refractivity contribution < 1.29 is 9.84 Å². The summed E-state index contributed by atoms with van der Waals surface area (Å²) in [6.07, 6.45) is 1.57. The van der Waals surface area contributed by atoms with Crippen LogP contribution in [0.4, 0.5) is 5.82 Å². The number of phenolic OH excluding ortho intramolecular Hbond substituents is 1. The number of phenols is 1. The van der Waals surface area contributed by atoms with Gasteiger partial charge in [0.2, 0.25) is 0 Å². The van der Waals surface area contributed by atoms with E-state index in [4.69, 9.17) is 10.5 Å². The lowest BCUT2D eigenvalue weighted by Crippen LogP contribution is -1.97. The number of hydrogen-bond donors (Lipinski definition) is 2. The molecule has 1 aromatic carbocycles. The Morgan fingerprint density at radius 1 is 1.28 bits per heavy atom. The SMILES string of the molecule is COc1cc(-c2ncc(Br)c(N)n2)cc(Br)c1O. The van der Waals surface area contributed by atoms with Crippen LogP contribution < -0.4 is 10.5 Å². The average molecular weight is 375 g/mol. The van der Waals surface area contributed by atoms with Crippen molar-refractivity contribution in [2.24, 2.45) is 0 Å². The number of anilines is 1. The molecule has 0 aliphatic heterocycles. The molecule has 0 fully saturated rings. The van der Waals surface area contributed by atoms with Gasteiger partial charge in [-0.05, 0) is 44.0 Å². The van der Waals surface area contributed by atoms with Crippen molar-refractivity contribution in [1.82, 2.24) is 9.97 Å². The van der Waals surface area contributed by atoms with Gasteiger partial charge in [-0.25, -0.2) is 9.97 Å². The van der Waals surface area contributed by atoms with Crippen LogP contribution in [0.25, 0.3) is 11.4 Å². The molecular weight excluding hydrogens is 366 g/mol. The maximum atomic E-state index is 9.72. The first kappa shape index (κ1) is 13.1. The van der Waals surface area contributed by atoms with E-state index >= 15 is 0 Å². The maximum Gasteiger partial charge on any atom is 0.172 e. The highest BCUT2D eigenvalue weighted by atomic mass is 79.9. The highest BCUT2D eigenvalue weighted by Crippen LogP contribution is 2.37. The van der Waals surface area contributed by atoms with Crippen molar-refractivity contribution in [2.45, 2.75) is 0 Å². The summed E-state index contributed by atoms with van der Waals surface area (Å²) in [5.41, 5.74) is 6.40. The van der Waals surface area contributed by atoms with E-state index in [2.05, 4.69) is 41.8 Å². The van der Waals surface area contributed by atoms with Crippen LogP contribution in [0.2, 0.25) is 0 Å². The first-order valence-electron chi connectivity index (χ1n) is 4.88. The zero-order chi connectivity index (χ0) is 13.3. The molecule has 1 aromatic heterocycles. The van der Waals surface area contributed by atoms with Gasteiger partial charge in [0.1, 0.15) is 5.82 Å². The number of rotatable bonds is 2. The van der Waals surface area contributed by atoms with E-state index in [-0.39, 0.29) is 5.75 Å². The predicted molar refractivity (Wildman–Crippen MR) is 75.5 cm³/mol. The Labute approximate surface area is 120 Å². The molecule has 0 aliphatic rings. The number of ether oxygens (including phenoxy) is 1. The Morgan fingerprint density at radius 3 is 2.61 bits per heavy atom. The van der Waals surface area contributed by atoms with Gasteiger partial charge in [0, 0.05) is 11.8 Å². The van der Waals surface area contributed by atoms with Crippen LogP contribution in [0.5, 0.6) is 11.5 Å². The van der Waals surface area contributed by atoms with E-state index in [0.717, 1.165) is 0 Å². The van der Waals surface area contributed by atoms with Gasteiger partial charge < -0.3 is 15.6 Å². The second-order valence-electron chi connectivity index (χ2n) is 3.44. The van der Waals surface area contributed by atoms with Crippen molar-refractivity contribution >= 4 is 37.7 Å². The Hall–Kier alpha value is -1.34. The smallest absolute Gasteiger partial charge is 0.172 e. The lowest BCUT2D eigenvalue weighted by Gasteiger charge is -2.08. The molecule has 0 amide bonds. The number of nitrogens with two attached hydrogens (primary N) is 1. The van der Waals surface area contributed by atoms with Crippen molar-refractivity contribution in [1.29, 1.82) is 0 Å². The van der Waals surface area contributed by atoms with E-state index in [1.807, 2.05) is 0 Å². The fraction of sp³-hybridized carbons (Fsp3) is 0.0909. The zero-order valence-electron chi connectivity index (χ0n) is 9.32. The van der Waals surface area contributed by atoms with E-state index in [0.29, 0.717) is 31.9 Å². The second-order valence-corrected chi connectivity index (χ2v) is 5.14. The largest absolute Gasteiger partial charge is 0.503 e. The number of aromatic nitrogens is 2. The summed E-state index contributed by atoms with van der Waals surface area (Å²) in [4.78, 5) is 8.31. The van der Waals surface area contributed by atoms with Gasteiger partial charge in [-0.15, -0.1) is 0 Å². The highest BCUT2D eigenvalue weighted by Gasteiger charge is 2.12. The molecule has 1 heterocycles. The molecule has 2 aromatic rings. The molecule has 7 heteroatoms. The van der Waals surface area contributed by atoms with Crippen LogP contribution >= 0.6 is 31.9 Å². The standard InChI is InChI=1S/C11H9Br2N3O2/c1-18-8-3-5(2-6(12)9(8)17)11-15-4-7(13)10(14)16-11/h2-4,17H,1H3,(H2,14,15,16). The Balaban J connectivity index is 2.57. The van der Waals surface area contributed by atoms with E-state index < -0.39 is 0 Å². The third-order valence-corrected chi connectivity index (χ3v) is 3.49. The van der Waals surface area contributed by atoms with Gasteiger partial charge in [-0.1, -0.05) is 0 Å². The number of nitrogens with zero attached hydrogens (tertiary/aromatic N) is 2. The minimum Gasteiger partial charge on any atom is -0.503 e. The molecule has 94 valence electrons. The minimum absolute atomic E-state index is 0.0336. The molecule has 18 heavy (non-hydrogen) atoms. The fourth-order valence-corrected chi connectivity index (χ4v) is 2.01. The van der Waals surface area contributed by atoms with Crippen molar-refractivity contribution in [3.63, 3.8) is 0 Å². The summed E-state index contributed by atoms with van der Waals surface area (Å²) in [6.45, 7) is 0. The van der Waals surface area contributed by atoms with Gasteiger partial charge in [0.25, 0.3) is 0 Å². The molecule has 5 nitrogen and oxygen atoms in total. The first-order valence-corrected chi connectivity index (χ1v) is 6.46. The monoisotopic (exact) mass is 373 g/mol. The van der Waals surface area contributed by atoms with Gasteiger partial charge in [-0.2, -0.15) is 0 Å². The number of hydrogen-bond acceptors (Lipinski definition) is 5. The summed E-state index contributed by atoms with van der Waals surface area (Å²) in [5, 5.41) is 9.72. The molecule has 0 radical (unpaired) electrons. The van der Waals surface area contributed by atoms with Crippen LogP contribution in [0.1, 0.15) is 0 Å². The predicted octanol–water partition coefficient (Wildman–Crippen LogP) is 2.97. The summed E-state index contributed by atoms with van der Waals surface area (Å²) in [5.74, 6) is 1.17. The summed E-state index contributed by atoms with van der Waals surface area (Å²) < 4.78 is 6.20. The van der Waals surface area contributed by atoms with Gasteiger partial charge >= 0.3 is 0 Å². The van der Waals surface area contributed by atoms with Crippen molar-refractivity contribution in [2.75, 3.05) is 12.8 Å². The molecule has 0 aliphatic carbocycles. The Morgan fingerprint density at radius 2 is 2.00 bits per heavy atom. The second kappa shape index (κ2) is 5.11. The van der Waals surface area contributed by atoms with Crippen LogP contribution in [0.3, 0.4) is 0 Å². The fourth-order valence-electron chi connectivity index (χ4n) is 1.38. The molecule has 3 N–H and O–H groups in total. The molecule has 2 rings (SSSR count). The van der Waals surface area contributed by atoms with E-state index in [1.165, 1.54) is 7.11 Å². The van der Waals surface area contributed by atoms with Gasteiger partial charge in [0.05, 0.1) is 16.1 Å². The molecule has 0 spiro atoms. The molecule has 0 bridgehead atoms. The quantitative estimate of drug-likeness (QED) is 0.844. The van der Waals surface area contributed by atoms with Crippen LogP contribution in [-0.2, 0) is 0 Å². The molecule has 0 saturated heterocycles. The molecular formula is C11H9Br2N3O2. The summed E-state index contributed by atoms with van der Waals surface area (Å²) >= 11 is 6.47. The van der Waals surface area contributed by atoms with E-state index in [9.17, 15) is 5.11 Å². The highest BCUT2D eigenvalue weighted by molar-refractivity contribution is 9.11. The van der Waals surface area contributed by atoms with Gasteiger partial charge in [-0.3, -0.25) is 0 Å². The maximum absolute atomic E-state index is 9.72. The Kier molecular flexibility index (Phi) is 3.72. The topological polar surface area (TPSA) is 81.3 Å². The summed E-state index contributed by atoms with van der Waals surface area (Å²) in [6, 6.07) is 3.34. The lowest BCUT2D eigenvalue weighted by molar-refractivity contribution is 0.372. The zero-order valence-corrected chi connectivity index (χ0v) is 12.5. The van der Waals surface area contributed by atoms with Crippen LogP contribution in [-0.4, -0.2) is 22.2 Å². The number of nitrogen functional groups attached to an aromatic ring is 1. The Bertz CT molecular complexity index is 605. The number of methoxy groups -OCH3 is 1.